The molecule has 19 heavy (non-hydrogen) atoms. The lowest BCUT2D eigenvalue weighted by atomic mass is 10.2. The summed E-state index contributed by atoms with van der Waals surface area (Å²) in [5, 5.41) is 6.65. The van der Waals surface area contributed by atoms with Crippen molar-refractivity contribution < 1.29 is 9.32 Å². The summed E-state index contributed by atoms with van der Waals surface area (Å²) in [5.41, 5.74) is 0.627. The first-order valence-electron chi connectivity index (χ1n) is 6.40. The van der Waals surface area contributed by atoms with Gasteiger partial charge in [-0.15, -0.1) is 0 Å². The first-order valence-corrected chi connectivity index (χ1v) is 6.40. The SMILES string of the molecule is CC1CC1c1nc(CNC(=O)c2ccccc2)no1. The van der Waals surface area contributed by atoms with Gasteiger partial charge >= 0.3 is 0 Å². The summed E-state index contributed by atoms with van der Waals surface area (Å²) in [5.74, 6) is 2.12. The molecular formula is C14H15N3O2. The third-order valence-electron chi connectivity index (χ3n) is 3.35. The second kappa shape index (κ2) is 4.84. The van der Waals surface area contributed by atoms with E-state index in [1.165, 1.54) is 0 Å². The minimum atomic E-state index is -0.133. The van der Waals surface area contributed by atoms with E-state index in [0.717, 1.165) is 6.42 Å². The third-order valence-corrected chi connectivity index (χ3v) is 3.35. The normalized spacial score (nSPS) is 21.1. The average molecular weight is 257 g/mol. The predicted octanol–water partition coefficient (Wildman–Crippen LogP) is 2.12. The van der Waals surface area contributed by atoms with Gasteiger partial charge in [0.05, 0.1) is 6.54 Å². The van der Waals surface area contributed by atoms with Gasteiger partial charge < -0.3 is 9.84 Å². The molecule has 1 aromatic carbocycles. The Balaban J connectivity index is 1.57. The zero-order valence-corrected chi connectivity index (χ0v) is 10.7. The molecule has 1 aliphatic carbocycles. The van der Waals surface area contributed by atoms with Crippen molar-refractivity contribution in [3.8, 4) is 0 Å². The molecule has 0 radical (unpaired) electrons. The molecule has 2 unspecified atom stereocenters. The predicted molar refractivity (Wildman–Crippen MR) is 68.4 cm³/mol. The molecule has 0 bridgehead atoms. The van der Waals surface area contributed by atoms with E-state index in [1.54, 1.807) is 12.1 Å². The first kappa shape index (κ1) is 11.9. The Hall–Kier alpha value is -2.17. The highest BCUT2D eigenvalue weighted by molar-refractivity contribution is 5.93. The summed E-state index contributed by atoms with van der Waals surface area (Å²) in [6.45, 7) is 2.45. The van der Waals surface area contributed by atoms with Crippen LogP contribution in [0.1, 0.15) is 41.3 Å². The molecule has 0 spiro atoms. The molecule has 1 fully saturated rings. The molecule has 3 rings (SSSR count). The molecule has 1 aromatic heterocycles. The van der Waals surface area contributed by atoms with Gasteiger partial charge in [-0.05, 0) is 24.5 Å². The Bertz CT molecular complexity index is 579. The smallest absolute Gasteiger partial charge is 0.251 e. The van der Waals surface area contributed by atoms with Crippen LogP contribution in [0.5, 0.6) is 0 Å². The topological polar surface area (TPSA) is 68.0 Å². The number of carbonyl (C=O) groups excluding carboxylic acids is 1. The number of aromatic nitrogens is 2. The van der Waals surface area contributed by atoms with Crippen molar-refractivity contribution in [2.45, 2.75) is 25.8 Å². The van der Waals surface area contributed by atoms with E-state index in [1.807, 2.05) is 18.2 Å². The minimum Gasteiger partial charge on any atom is -0.345 e. The average Bonchev–Trinajstić information content (AvgIpc) is 3.00. The molecule has 1 heterocycles. The van der Waals surface area contributed by atoms with Crippen molar-refractivity contribution >= 4 is 5.91 Å². The van der Waals surface area contributed by atoms with Gasteiger partial charge in [0.1, 0.15) is 0 Å². The molecule has 98 valence electrons. The maximum Gasteiger partial charge on any atom is 0.251 e. The lowest BCUT2D eigenvalue weighted by Gasteiger charge is -2.01. The minimum absolute atomic E-state index is 0.133. The van der Waals surface area contributed by atoms with Crippen molar-refractivity contribution in [1.29, 1.82) is 0 Å². The van der Waals surface area contributed by atoms with E-state index < -0.39 is 0 Å². The van der Waals surface area contributed by atoms with Crippen molar-refractivity contribution in [1.82, 2.24) is 15.5 Å². The second-order valence-electron chi connectivity index (χ2n) is 4.92. The van der Waals surface area contributed by atoms with E-state index in [4.69, 9.17) is 4.52 Å². The standard InChI is InChI=1S/C14H15N3O2/c1-9-7-11(9)14-16-12(17-19-14)8-15-13(18)10-5-3-2-4-6-10/h2-6,9,11H,7-8H2,1H3,(H,15,18). The highest BCUT2D eigenvalue weighted by Crippen LogP contribution is 2.45. The number of carbonyl (C=O) groups is 1. The summed E-state index contributed by atoms with van der Waals surface area (Å²) < 4.78 is 5.18. The van der Waals surface area contributed by atoms with Crippen LogP contribution in [0.15, 0.2) is 34.9 Å². The van der Waals surface area contributed by atoms with E-state index >= 15 is 0 Å². The fraction of sp³-hybridized carbons (Fsp3) is 0.357. The number of nitrogens with zero attached hydrogens (tertiary/aromatic N) is 2. The third kappa shape index (κ3) is 2.65. The molecule has 2 aromatic rings. The molecule has 5 nitrogen and oxygen atoms in total. The van der Waals surface area contributed by atoms with Gasteiger partial charge in [-0.3, -0.25) is 4.79 Å². The number of rotatable bonds is 4. The van der Waals surface area contributed by atoms with Crippen LogP contribution >= 0.6 is 0 Å². The Morgan fingerprint density at radius 3 is 2.84 bits per heavy atom. The number of hydrogen-bond acceptors (Lipinski definition) is 4. The van der Waals surface area contributed by atoms with Crippen LogP contribution in [0.4, 0.5) is 0 Å². The van der Waals surface area contributed by atoms with Crippen molar-refractivity contribution in [2.75, 3.05) is 0 Å². The van der Waals surface area contributed by atoms with Crippen molar-refractivity contribution in [3.63, 3.8) is 0 Å². The summed E-state index contributed by atoms with van der Waals surface area (Å²) in [4.78, 5) is 16.1. The highest BCUT2D eigenvalue weighted by atomic mass is 16.5. The monoisotopic (exact) mass is 257 g/mol. The van der Waals surface area contributed by atoms with E-state index in [-0.39, 0.29) is 5.91 Å². The van der Waals surface area contributed by atoms with Crippen LogP contribution in [0.2, 0.25) is 0 Å². The number of nitrogens with one attached hydrogen (secondary N) is 1. The number of hydrogen-bond donors (Lipinski definition) is 1. The van der Waals surface area contributed by atoms with Gasteiger partial charge in [-0.1, -0.05) is 30.3 Å². The second-order valence-corrected chi connectivity index (χ2v) is 4.92. The Kier molecular flexibility index (Phi) is 3.03. The van der Waals surface area contributed by atoms with Gasteiger partial charge in [-0.2, -0.15) is 4.98 Å². The van der Waals surface area contributed by atoms with E-state index in [2.05, 4.69) is 22.4 Å². The number of benzene rings is 1. The summed E-state index contributed by atoms with van der Waals surface area (Å²) in [6, 6.07) is 9.07. The van der Waals surface area contributed by atoms with Gasteiger partial charge in [-0.25, -0.2) is 0 Å². The van der Waals surface area contributed by atoms with Crippen LogP contribution in [-0.4, -0.2) is 16.0 Å². The first-order chi connectivity index (χ1) is 9.24. The van der Waals surface area contributed by atoms with Crippen LogP contribution in [0, 0.1) is 5.92 Å². The Labute approximate surface area is 111 Å². The number of amides is 1. The molecule has 0 aliphatic heterocycles. The summed E-state index contributed by atoms with van der Waals surface area (Å²) in [7, 11) is 0. The van der Waals surface area contributed by atoms with E-state index in [9.17, 15) is 4.79 Å². The Morgan fingerprint density at radius 1 is 1.42 bits per heavy atom. The quantitative estimate of drug-likeness (QED) is 0.911. The summed E-state index contributed by atoms with van der Waals surface area (Å²) in [6.07, 6.45) is 1.11. The largest absolute Gasteiger partial charge is 0.345 e. The molecule has 1 N–H and O–H groups in total. The van der Waals surface area contributed by atoms with Crippen LogP contribution < -0.4 is 5.32 Å². The van der Waals surface area contributed by atoms with Crippen molar-refractivity contribution in [2.24, 2.45) is 5.92 Å². The molecule has 1 amide bonds. The van der Waals surface area contributed by atoms with Crippen LogP contribution in [-0.2, 0) is 6.54 Å². The van der Waals surface area contributed by atoms with Gasteiger partial charge in [0.25, 0.3) is 5.91 Å². The van der Waals surface area contributed by atoms with Crippen molar-refractivity contribution in [3.05, 3.63) is 47.6 Å². The van der Waals surface area contributed by atoms with Crippen LogP contribution in [0.3, 0.4) is 0 Å². The molecular weight excluding hydrogens is 242 g/mol. The lowest BCUT2D eigenvalue weighted by Crippen LogP contribution is -2.23. The molecule has 1 saturated carbocycles. The van der Waals surface area contributed by atoms with Crippen LogP contribution in [0.25, 0.3) is 0 Å². The molecule has 5 heteroatoms. The maximum atomic E-state index is 11.8. The molecule has 2 atom stereocenters. The highest BCUT2D eigenvalue weighted by Gasteiger charge is 2.38. The molecule has 0 saturated heterocycles. The maximum absolute atomic E-state index is 11.8. The fourth-order valence-corrected chi connectivity index (χ4v) is 2.01. The zero-order valence-electron chi connectivity index (χ0n) is 10.7. The van der Waals surface area contributed by atoms with Gasteiger partial charge in [0.15, 0.2) is 5.82 Å². The van der Waals surface area contributed by atoms with E-state index in [0.29, 0.717) is 35.7 Å². The lowest BCUT2D eigenvalue weighted by molar-refractivity contribution is 0.0949. The zero-order chi connectivity index (χ0) is 13.2. The Morgan fingerprint density at radius 2 is 2.16 bits per heavy atom. The fourth-order valence-electron chi connectivity index (χ4n) is 2.01. The summed E-state index contributed by atoms with van der Waals surface area (Å²) >= 11 is 0. The molecule has 1 aliphatic rings. The van der Waals surface area contributed by atoms with Gasteiger partial charge in [0.2, 0.25) is 5.89 Å². The van der Waals surface area contributed by atoms with Gasteiger partial charge in [0, 0.05) is 11.5 Å².